The van der Waals surface area contributed by atoms with Crippen molar-refractivity contribution in [3.8, 4) is 11.4 Å². The number of carbonyl (C=O) groups is 3. The quantitative estimate of drug-likeness (QED) is 0.556. The van der Waals surface area contributed by atoms with Crippen LogP contribution in [-0.2, 0) is 0 Å². The summed E-state index contributed by atoms with van der Waals surface area (Å²) in [5.41, 5.74) is 4.05. The standard InChI is InChI=1S/C27H26N4O3/c1-17-14-18(2)23(24-28-11-7-12-29-24)22(15-17)27(34)30-13-6-5-8-19(30)16-31-25(32)20-9-3-4-10-21(20)26(31)33/h3-4,7,9-12,14-15,19H,5-6,8,13,16H2,1-2H3. The highest BCUT2D eigenvalue weighted by Gasteiger charge is 2.39. The highest BCUT2D eigenvalue weighted by molar-refractivity contribution is 6.21. The molecule has 1 fully saturated rings. The number of hydrogen-bond donors (Lipinski definition) is 0. The Balaban J connectivity index is 1.48. The number of amides is 3. The molecule has 1 aromatic heterocycles. The van der Waals surface area contributed by atoms with Crippen molar-refractivity contribution >= 4 is 17.7 Å². The van der Waals surface area contributed by atoms with E-state index in [1.54, 1.807) is 42.7 Å². The zero-order valence-corrected chi connectivity index (χ0v) is 19.3. The Morgan fingerprint density at radius 2 is 1.65 bits per heavy atom. The van der Waals surface area contributed by atoms with Crippen LogP contribution >= 0.6 is 0 Å². The van der Waals surface area contributed by atoms with E-state index in [2.05, 4.69) is 9.97 Å². The van der Waals surface area contributed by atoms with Crippen molar-refractivity contribution < 1.29 is 14.4 Å². The molecule has 0 radical (unpaired) electrons. The first-order valence-corrected chi connectivity index (χ1v) is 11.6. The summed E-state index contributed by atoms with van der Waals surface area (Å²) < 4.78 is 0. The van der Waals surface area contributed by atoms with Crippen LogP contribution in [0.2, 0.25) is 0 Å². The van der Waals surface area contributed by atoms with Gasteiger partial charge in [0, 0.05) is 31.0 Å². The topological polar surface area (TPSA) is 83.5 Å². The first-order valence-electron chi connectivity index (χ1n) is 11.6. The second-order valence-corrected chi connectivity index (χ2v) is 8.99. The van der Waals surface area contributed by atoms with Gasteiger partial charge in [-0.1, -0.05) is 23.8 Å². The molecule has 7 nitrogen and oxygen atoms in total. The van der Waals surface area contributed by atoms with Gasteiger partial charge < -0.3 is 4.90 Å². The second kappa shape index (κ2) is 8.82. The Labute approximate surface area is 198 Å². The van der Waals surface area contributed by atoms with Crippen LogP contribution in [-0.4, -0.2) is 56.6 Å². The maximum absolute atomic E-state index is 13.9. The van der Waals surface area contributed by atoms with Gasteiger partial charge in [0.05, 0.1) is 22.7 Å². The molecule has 0 saturated carbocycles. The van der Waals surface area contributed by atoms with Crippen molar-refractivity contribution in [2.45, 2.75) is 39.2 Å². The lowest BCUT2D eigenvalue weighted by Crippen LogP contribution is -2.50. The molecule has 0 aliphatic carbocycles. The first-order chi connectivity index (χ1) is 16.5. The smallest absolute Gasteiger partial charge is 0.261 e. The zero-order valence-electron chi connectivity index (χ0n) is 19.3. The van der Waals surface area contributed by atoms with Gasteiger partial charge in [-0.05, 0) is 62.9 Å². The maximum atomic E-state index is 13.9. The number of imide groups is 1. The van der Waals surface area contributed by atoms with Crippen LogP contribution in [0, 0.1) is 13.8 Å². The van der Waals surface area contributed by atoms with Gasteiger partial charge in [-0.3, -0.25) is 19.3 Å². The van der Waals surface area contributed by atoms with E-state index in [4.69, 9.17) is 0 Å². The summed E-state index contributed by atoms with van der Waals surface area (Å²) >= 11 is 0. The van der Waals surface area contributed by atoms with Crippen LogP contribution < -0.4 is 0 Å². The summed E-state index contributed by atoms with van der Waals surface area (Å²) in [6.45, 7) is 4.70. The van der Waals surface area contributed by atoms with E-state index in [1.165, 1.54) is 4.90 Å². The Kier molecular flexibility index (Phi) is 5.69. The molecule has 1 saturated heterocycles. The fraction of sp³-hybridized carbons (Fsp3) is 0.296. The zero-order chi connectivity index (χ0) is 23.8. The van der Waals surface area contributed by atoms with E-state index < -0.39 is 0 Å². The van der Waals surface area contributed by atoms with Gasteiger partial charge in [-0.25, -0.2) is 9.97 Å². The van der Waals surface area contributed by atoms with Crippen LogP contribution in [0.25, 0.3) is 11.4 Å². The molecular weight excluding hydrogens is 428 g/mol. The molecule has 34 heavy (non-hydrogen) atoms. The summed E-state index contributed by atoms with van der Waals surface area (Å²) in [6.07, 6.45) is 5.90. The van der Waals surface area contributed by atoms with Crippen LogP contribution in [0.3, 0.4) is 0 Å². The van der Waals surface area contributed by atoms with Crippen molar-refractivity contribution in [3.63, 3.8) is 0 Å². The molecule has 3 heterocycles. The van der Waals surface area contributed by atoms with Crippen LogP contribution in [0.1, 0.15) is 61.5 Å². The van der Waals surface area contributed by atoms with E-state index in [0.29, 0.717) is 29.1 Å². The number of nitrogens with zero attached hydrogens (tertiary/aromatic N) is 4. The Morgan fingerprint density at radius 1 is 0.971 bits per heavy atom. The number of fused-ring (bicyclic) bond motifs is 1. The fourth-order valence-electron chi connectivity index (χ4n) is 5.09. The van der Waals surface area contributed by atoms with E-state index in [0.717, 1.165) is 36.0 Å². The monoisotopic (exact) mass is 454 g/mol. The molecule has 0 spiro atoms. The third-order valence-corrected chi connectivity index (χ3v) is 6.66. The SMILES string of the molecule is Cc1cc(C)c(-c2ncccn2)c(C(=O)N2CCCCC2CN2C(=O)c3ccccc3C2=O)c1. The summed E-state index contributed by atoms with van der Waals surface area (Å²) in [5.74, 6) is -0.181. The van der Waals surface area contributed by atoms with Gasteiger partial charge >= 0.3 is 0 Å². The third kappa shape index (κ3) is 3.77. The first kappa shape index (κ1) is 21.9. The minimum Gasteiger partial charge on any atom is -0.334 e. The Hall–Kier alpha value is -3.87. The van der Waals surface area contributed by atoms with E-state index >= 15 is 0 Å². The van der Waals surface area contributed by atoms with Crippen LogP contribution in [0.4, 0.5) is 0 Å². The summed E-state index contributed by atoms with van der Waals surface area (Å²) in [5, 5.41) is 0. The average molecular weight is 455 g/mol. The lowest BCUT2D eigenvalue weighted by atomic mass is 9.94. The lowest BCUT2D eigenvalue weighted by Gasteiger charge is -2.38. The number of likely N-dealkylation sites (tertiary alicyclic amines) is 1. The molecular formula is C27H26N4O3. The van der Waals surface area contributed by atoms with Crippen molar-refractivity contribution in [3.05, 3.63) is 82.7 Å². The van der Waals surface area contributed by atoms with Crippen LogP contribution in [0.5, 0.6) is 0 Å². The molecule has 2 aliphatic rings. The number of carbonyl (C=O) groups excluding carboxylic acids is 3. The number of rotatable bonds is 4. The molecule has 7 heteroatoms. The Morgan fingerprint density at radius 3 is 2.32 bits per heavy atom. The van der Waals surface area contributed by atoms with Gasteiger partial charge in [-0.2, -0.15) is 0 Å². The third-order valence-electron chi connectivity index (χ3n) is 6.66. The number of aryl methyl sites for hydroxylation is 2. The molecule has 2 aliphatic heterocycles. The molecule has 2 aromatic carbocycles. The van der Waals surface area contributed by atoms with Gasteiger partial charge in [0.25, 0.3) is 17.7 Å². The van der Waals surface area contributed by atoms with Crippen molar-refractivity contribution in [1.29, 1.82) is 0 Å². The maximum Gasteiger partial charge on any atom is 0.261 e. The van der Waals surface area contributed by atoms with Crippen molar-refractivity contribution in [2.24, 2.45) is 0 Å². The van der Waals surface area contributed by atoms with Gasteiger partial charge in [0.1, 0.15) is 0 Å². The average Bonchev–Trinajstić information content (AvgIpc) is 3.09. The normalized spacial score (nSPS) is 17.8. The minimum atomic E-state index is -0.289. The van der Waals surface area contributed by atoms with E-state index in [1.807, 2.05) is 30.9 Å². The molecule has 0 bridgehead atoms. The Bertz CT molecular complexity index is 1250. The number of benzene rings is 2. The van der Waals surface area contributed by atoms with E-state index in [9.17, 15) is 14.4 Å². The van der Waals surface area contributed by atoms with E-state index in [-0.39, 0.29) is 30.3 Å². The van der Waals surface area contributed by atoms with Gasteiger partial charge in [0.15, 0.2) is 5.82 Å². The van der Waals surface area contributed by atoms with Crippen LogP contribution in [0.15, 0.2) is 54.9 Å². The fourth-order valence-corrected chi connectivity index (χ4v) is 5.09. The summed E-state index contributed by atoms with van der Waals surface area (Å²) in [7, 11) is 0. The largest absolute Gasteiger partial charge is 0.334 e. The van der Waals surface area contributed by atoms with Gasteiger partial charge in [-0.15, -0.1) is 0 Å². The summed E-state index contributed by atoms with van der Waals surface area (Å²) in [6, 6.07) is 12.3. The number of aromatic nitrogens is 2. The predicted octanol–water partition coefficient (Wildman–Crippen LogP) is 4.05. The number of piperidine rings is 1. The molecule has 0 N–H and O–H groups in total. The minimum absolute atomic E-state index is 0.115. The summed E-state index contributed by atoms with van der Waals surface area (Å²) in [4.78, 5) is 51.7. The highest BCUT2D eigenvalue weighted by Crippen LogP contribution is 2.31. The number of hydrogen-bond acceptors (Lipinski definition) is 5. The molecule has 3 aromatic rings. The van der Waals surface area contributed by atoms with Gasteiger partial charge in [0.2, 0.25) is 0 Å². The predicted molar refractivity (Wildman–Crippen MR) is 127 cm³/mol. The second-order valence-electron chi connectivity index (χ2n) is 8.99. The molecule has 5 rings (SSSR count). The molecule has 1 unspecified atom stereocenters. The lowest BCUT2D eigenvalue weighted by molar-refractivity contribution is 0.0463. The molecule has 3 amide bonds. The van der Waals surface area contributed by atoms with Crippen molar-refractivity contribution in [2.75, 3.05) is 13.1 Å². The van der Waals surface area contributed by atoms with Crippen molar-refractivity contribution in [1.82, 2.24) is 19.8 Å². The highest BCUT2D eigenvalue weighted by atomic mass is 16.2. The molecule has 172 valence electrons. The molecule has 1 atom stereocenters.